The van der Waals surface area contributed by atoms with Crippen LogP contribution in [0.4, 0.5) is 11.5 Å². The van der Waals surface area contributed by atoms with Gasteiger partial charge in [0.05, 0.1) is 4.47 Å². The van der Waals surface area contributed by atoms with Crippen LogP contribution in [0.2, 0.25) is 0 Å². The Bertz CT molecular complexity index is 537. The van der Waals surface area contributed by atoms with Gasteiger partial charge in [0, 0.05) is 24.5 Å². The van der Waals surface area contributed by atoms with Crippen LogP contribution in [0.1, 0.15) is 19.4 Å². The van der Waals surface area contributed by atoms with Gasteiger partial charge < -0.3 is 10.6 Å². The average molecular weight is 320 g/mol. The van der Waals surface area contributed by atoms with Crippen LogP contribution < -0.4 is 10.6 Å². The summed E-state index contributed by atoms with van der Waals surface area (Å²) in [5.74, 6) is 0.967. The molecule has 0 bridgehead atoms. The number of nitrogens with two attached hydrogens (primary N) is 1. The van der Waals surface area contributed by atoms with Crippen LogP contribution in [0, 0.1) is 0 Å². The molecule has 0 saturated heterocycles. The molecule has 0 aliphatic rings. The zero-order chi connectivity index (χ0) is 13.8. The molecule has 1 heterocycles. The summed E-state index contributed by atoms with van der Waals surface area (Å²) in [6.45, 7) is 5.14. The molecule has 0 fully saturated rings. The summed E-state index contributed by atoms with van der Waals surface area (Å²) in [6, 6.07) is 12.3. The van der Waals surface area contributed by atoms with Crippen LogP contribution in [-0.2, 0) is 6.54 Å². The van der Waals surface area contributed by atoms with E-state index in [1.807, 2.05) is 30.5 Å². The minimum Gasteiger partial charge on any atom is -0.399 e. The highest BCUT2D eigenvalue weighted by Crippen LogP contribution is 2.26. The second-order valence-electron chi connectivity index (χ2n) is 4.77. The molecule has 19 heavy (non-hydrogen) atoms. The second kappa shape index (κ2) is 6.06. The Morgan fingerprint density at radius 1 is 1.21 bits per heavy atom. The van der Waals surface area contributed by atoms with Gasteiger partial charge in [-0.15, -0.1) is 0 Å². The molecule has 0 unspecified atom stereocenters. The fourth-order valence-corrected chi connectivity index (χ4v) is 2.39. The highest BCUT2D eigenvalue weighted by molar-refractivity contribution is 9.10. The monoisotopic (exact) mass is 319 g/mol. The van der Waals surface area contributed by atoms with Crippen LogP contribution in [0.5, 0.6) is 0 Å². The third-order valence-corrected chi connectivity index (χ3v) is 3.59. The molecule has 0 saturated carbocycles. The number of halogens is 1. The molecule has 100 valence electrons. The van der Waals surface area contributed by atoms with E-state index in [-0.39, 0.29) is 0 Å². The Labute approximate surface area is 122 Å². The lowest BCUT2D eigenvalue weighted by atomic mass is 10.1. The van der Waals surface area contributed by atoms with Gasteiger partial charge >= 0.3 is 0 Å². The zero-order valence-electron chi connectivity index (χ0n) is 11.2. The first-order valence-electron chi connectivity index (χ1n) is 6.29. The Hall–Kier alpha value is -1.55. The van der Waals surface area contributed by atoms with Gasteiger partial charge in [0.15, 0.2) is 0 Å². The zero-order valence-corrected chi connectivity index (χ0v) is 12.8. The smallest absolute Gasteiger partial charge is 0.143 e. The molecule has 2 rings (SSSR count). The first-order chi connectivity index (χ1) is 9.08. The second-order valence-corrected chi connectivity index (χ2v) is 5.63. The lowest BCUT2D eigenvalue weighted by Crippen LogP contribution is -2.31. The first kappa shape index (κ1) is 13.9. The number of rotatable bonds is 4. The van der Waals surface area contributed by atoms with Gasteiger partial charge in [0.2, 0.25) is 0 Å². The highest BCUT2D eigenvalue weighted by Gasteiger charge is 2.15. The van der Waals surface area contributed by atoms with Crippen molar-refractivity contribution in [1.29, 1.82) is 0 Å². The molecular weight excluding hydrogens is 302 g/mol. The summed E-state index contributed by atoms with van der Waals surface area (Å²) in [7, 11) is 0. The van der Waals surface area contributed by atoms with Crippen molar-refractivity contribution in [2.24, 2.45) is 0 Å². The van der Waals surface area contributed by atoms with Crippen LogP contribution in [-0.4, -0.2) is 11.0 Å². The van der Waals surface area contributed by atoms with Gasteiger partial charge in [0.25, 0.3) is 0 Å². The van der Waals surface area contributed by atoms with Gasteiger partial charge in [-0.25, -0.2) is 4.98 Å². The minimum absolute atomic E-state index is 0.365. The van der Waals surface area contributed by atoms with E-state index in [9.17, 15) is 0 Å². The summed E-state index contributed by atoms with van der Waals surface area (Å²) < 4.78 is 1.01. The third-order valence-electron chi connectivity index (χ3n) is 2.97. The predicted octanol–water partition coefficient (Wildman–Crippen LogP) is 3.84. The van der Waals surface area contributed by atoms with Crippen molar-refractivity contribution in [1.82, 2.24) is 4.98 Å². The molecule has 0 atom stereocenters. The van der Waals surface area contributed by atoms with Crippen molar-refractivity contribution >= 4 is 27.4 Å². The summed E-state index contributed by atoms with van der Waals surface area (Å²) >= 11 is 3.57. The highest BCUT2D eigenvalue weighted by atomic mass is 79.9. The molecule has 2 aromatic rings. The lowest BCUT2D eigenvalue weighted by molar-refractivity contribution is 0.671. The van der Waals surface area contributed by atoms with E-state index in [0.717, 1.165) is 22.5 Å². The maximum Gasteiger partial charge on any atom is 0.143 e. The molecule has 0 aliphatic heterocycles. The van der Waals surface area contributed by atoms with Crippen molar-refractivity contribution in [3.05, 3.63) is 52.6 Å². The van der Waals surface area contributed by atoms with Crippen LogP contribution in [0.15, 0.2) is 47.1 Å². The fraction of sp³-hybridized carbons (Fsp3) is 0.267. The van der Waals surface area contributed by atoms with Crippen LogP contribution in [0.25, 0.3) is 0 Å². The Morgan fingerprint density at radius 3 is 2.47 bits per heavy atom. The third kappa shape index (κ3) is 3.47. The number of nitrogen functional groups attached to an aromatic ring is 1. The van der Waals surface area contributed by atoms with E-state index in [4.69, 9.17) is 5.73 Å². The molecule has 0 radical (unpaired) electrons. The van der Waals surface area contributed by atoms with E-state index in [0.29, 0.717) is 6.04 Å². The summed E-state index contributed by atoms with van der Waals surface area (Å²) in [4.78, 5) is 6.73. The number of anilines is 2. The van der Waals surface area contributed by atoms with Gasteiger partial charge in [-0.2, -0.15) is 0 Å². The van der Waals surface area contributed by atoms with Crippen molar-refractivity contribution in [3.8, 4) is 0 Å². The minimum atomic E-state index is 0.365. The summed E-state index contributed by atoms with van der Waals surface area (Å²) in [5, 5.41) is 0. The van der Waals surface area contributed by atoms with E-state index < -0.39 is 0 Å². The molecular formula is C15H18BrN3. The number of benzene rings is 1. The molecule has 1 aromatic heterocycles. The van der Waals surface area contributed by atoms with Crippen LogP contribution in [0.3, 0.4) is 0 Å². The van der Waals surface area contributed by atoms with Crippen molar-refractivity contribution in [3.63, 3.8) is 0 Å². The summed E-state index contributed by atoms with van der Waals surface area (Å²) in [5.41, 5.74) is 7.73. The normalized spacial score (nSPS) is 10.7. The number of aromatic nitrogens is 1. The topological polar surface area (TPSA) is 42.1 Å². The molecule has 4 heteroatoms. The molecule has 2 N–H and O–H groups in total. The number of nitrogens with zero attached hydrogens (tertiary/aromatic N) is 2. The number of hydrogen-bond donors (Lipinski definition) is 1. The predicted molar refractivity (Wildman–Crippen MR) is 84.1 cm³/mol. The van der Waals surface area contributed by atoms with Gasteiger partial charge in [-0.3, -0.25) is 0 Å². The summed E-state index contributed by atoms with van der Waals surface area (Å²) in [6.07, 6.45) is 1.82. The van der Waals surface area contributed by atoms with Crippen molar-refractivity contribution in [2.75, 3.05) is 10.6 Å². The number of pyridine rings is 1. The van der Waals surface area contributed by atoms with Crippen LogP contribution >= 0.6 is 15.9 Å². The molecule has 0 aliphatic carbocycles. The molecule has 0 amide bonds. The SMILES string of the molecule is CC(C)N(Cc1ccc(N)cc1)c1ncccc1Br. The Balaban J connectivity index is 2.27. The lowest BCUT2D eigenvalue weighted by Gasteiger charge is -2.28. The Morgan fingerprint density at radius 2 is 1.89 bits per heavy atom. The largest absolute Gasteiger partial charge is 0.399 e. The van der Waals surface area contributed by atoms with E-state index in [1.165, 1.54) is 5.56 Å². The van der Waals surface area contributed by atoms with Gasteiger partial charge in [0.1, 0.15) is 5.82 Å². The fourth-order valence-electron chi connectivity index (χ4n) is 1.91. The Kier molecular flexibility index (Phi) is 4.43. The van der Waals surface area contributed by atoms with Crippen molar-refractivity contribution in [2.45, 2.75) is 26.4 Å². The molecule has 1 aromatic carbocycles. The van der Waals surface area contributed by atoms with Crippen molar-refractivity contribution < 1.29 is 0 Å². The van der Waals surface area contributed by atoms with E-state index >= 15 is 0 Å². The van der Waals surface area contributed by atoms with Gasteiger partial charge in [-0.05, 0) is 59.6 Å². The standard InChI is InChI=1S/C15H18BrN3/c1-11(2)19(15-14(16)4-3-9-18-15)10-12-5-7-13(17)8-6-12/h3-9,11H,10,17H2,1-2H3. The molecule has 3 nitrogen and oxygen atoms in total. The average Bonchev–Trinajstić information content (AvgIpc) is 2.39. The van der Waals surface area contributed by atoms with Gasteiger partial charge in [-0.1, -0.05) is 12.1 Å². The first-order valence-corrected chi connectivity index (χ1v) is 7.09. The molecule has 0 spiro atoms. The van der Waals surface area contributed by atoms with E-state index in [1.54, 1.807) is 0 Å². The quantitative estimate of drug-likeness (QED) is 0.870. The van der Waals surface area contributed by atoms with E-state index in [2.05, 4.69) is 51.8 Å². The maximum absolute atomic E-state index is 5.72. The maximum atomic E-state index is 5.72. The number of hydrogen-bond acceptors (Lipinski definition) is 3.